The zero-order chi connectivity index (χ0) is 11.5. The molecule has 0 N–H and O–H groups in total. The highest BCUT2D eigenvalue weighted by Gasteiger charge is 2.06. The lowest BCUT2D eigenvalue weighted by Gasteiger charge is -2.06. The van der Waals surface area contributed by atoms with Crippen LogP contribution in [0.15, 0.2) is 24.4 Å². The summed E-state index contributed by atoms with van der Waals surface area (Å²) in [5.41, 5.74) is 2.73. The van der Waals surface area contributed by atoms with E-state index in [1.54, 1.807) is 13.3 Å². The van der Waals surface area contributed by atoms with Crippen LogP contribution in [0.25, 0.3) is 11.3 Å². The monoisotopic (exact) mass is 235 g/mol. The Morgan fingerprint density at radius 1 is 1.31 bits per heavy atom. The molecule has 4 nitrogen and oxygen atoms in total. The van der Waals surface area contributed by atoms with E-state index < -0.39 is 0 Å². The molecule has 0 amide bonds. The highest BCUT2D eigenvalue weighted by molar-refractivity contribution is 6.28. The molecule has 0 aliphatic carbocycles. The average Bonchev–Trinajstić information content (AvgIpc) is 2.28. The van der Waals surface area contributed by atoms with Gasteiger partial charge in [-0.2, -0.15) is 5.10 Å². The van der Waals surface area contributed by atoms with Crippen LogP contribution in [0, 0.1) is 6.92 Å². The van der Waals surface area contributed by atoms with Crippen LogP contribution in [-0.4, -0.2) is 22.3 Å². The summed E-state index contributed by atoms with van der Waals surface area (Å²) in [6, 6.07) is 5.73. The third-order valence-corrected chi connectivity index (χ3v) is 2.40. The third-order valence-electron chi connectivity index (χ3n) is 2.24. The summed E-state index contributed by atoms with van der Waals surface area (Å²) in [6.45, 7) is 1.98. The van der Waals surface area contributed by atoms with Crippen LogP contribution in [0.3, 0.4) is 0 Å². The van der Waals surface area contributed by atoms with Gasteiger partial charge in [0.15, 0.2) is 0 Å². The number of aryl methyl sites for hydroxylation is 1. The van der Waals surface area contributed by atoms with Gasteiger partial charge in [-0.15, -0.1) is 5.10 Å². The molecule has 0 saturated heterocycles. The zero-order valence-corrected chi connectivity index (χ0v) is 9.69. The van der Waals surface area contributed by atoms with E-state index in [0.29, 0.717) is 5.69 Å². The predicted octanol–water partition coefficient (Wildman–Crippen LogP) is 2.51. The van der Waals surface area contributed by atoms with Gasteiger partial charge in [0.2, 0.25) is 5.28 Å². The minimum absolute atomic E-state index is 0.146. The molecule has 2 rings (SSSR count). The Kier molecular flexibility index (Phi) is 3.01. The Hall–Kier alpha value is -1.68. The van der Waals surface area contributed by atoms with Gasteiger partial charge < -0.3 is 4.74 Å². The lowest BCUT2D eigenvalue weighted by molar-refractivity contribution is 0.414. The van der Waals surface area contributed by atoms with Gasteiger partial charge in [-0.3, -0.25) is 0 Å². The van der Waals surface area contributed by atoms with Gasteiger partial charge in [-0.25, -0.2) is 4.98 Å². The van der Waals surface area contributed by atoms with Gasteiger partial charge in [0.25, 0.3) is 0 Å². The quantitative estimate of drug-likeness (QED) is 0.803. The van der Waals surface area contributed by atoms with Gasteiger partial charge in [-0.1, -0.05) is 0 Å². The lowest BCUT2D eigenvalue weighted by Crippen LogP contribution is -1.93. The molecular weight excluding hydrogens is 226 g/mol. The number of hydrogen-bond acceptors (Lipinski definition) is 4. The summed E-state index contributed by atoms with van der Waals surface area (Å²) in [6.07, 6.45) is 1.58. The molecule has 1 heterocycles. The Bertz CT molecular complexity index is 516. The normalized spacial score (nSPS) is 10.2. The van der Waals surface area contributed by atoms with Crippen LogP contribution in [0.2, 0.25) is 5.28 Å². The minimum atomic E-state index is 0.146. The minimum Gasteiger partial charge on any atom is -0.497 e. The fraction of sp³-hybridized carbons (Fsp3) is 0.182. The van der Waals surface area contributed by atoms with Crippen LogP contribution < -0.4 is 4.74 Å². The molecule has 0 saturated carbocycles. The highest BCUT2D eigenvalue weighted by Crippen LogP contribution is 2.25. The van der Waals surface area contributed by atoms with Crippen molar-refractivity contribution in [2.24, 2.45) is 0 Å². The molecule has 0 fully saturated rings. The standard InChI is InChI=1S/C11H10ClN3O/c1-7-5-8(16-2)3-4-9(7)10-6-13-15-11(12)14-10/h3-6H,1-2H3. The van der Waals surface area contributed by atoms with E-state index in [4.69, 9.17) is 16.3 Å². The Labute approximate surface area is 98.3 Å². The van der Waals surface area contributed by atoms with Crippen LogP contribution in [-0.2, 0) is 0 Å². The first kappa shape index (κ1) is 10.8. The molecule has 0 aliphatic heterocycles. The fourth-order valence-electron chi connectivity index (χ4n) is 1.46. The maximum absolute atomic E-state index is 5.70. The zero-order valence-electron chi connectivity index (χ0n) is 8.94. The van der Waals surface area contributed by atoms with Crippen molar-refractivity contribution in [1.82, 2.24) is 15.2 Å². The smallest absolute Gasteiger partial charge is 0.243 e. The van der Waals surface area contributed by atoms with Crippen LogP contribution in [0.1, 0.15) is 5.56 Å². The highest BCUT2D eigenvalue weighted by atomic mass is 35.5. The van der Waals surface area contributed by atoms with Crippen molar-refractivity contribution in [3.8, 4) is 17.0 Å². The van der Waals surface area contributed by atoms with Crippen molar-refractivity contribution in [1.29, 1.82) is 0 Å². The van der Waals surface area contributed by atoms with Gasteiger partial charge in [0.05, 0.1) is 19.0 Å². The molecule has 16 heavy (non-hydrogen) atoms. The van der Waals surface area contributed by atoms with E-state index in [0.717, 1.165) is 16.9 Å². The fourth-order valence-corrected chi connectivity index (χ4v) is 1.60. The maximum Gasteiger partial charge on any atom is 0.243 e. The van der Waals surface area contributed by atoms with Crippen molar-refractivity contribution in [3.63, 3.8) is 0 Å². The Balaban J connectivity index is 2.48. The summed E-state index contributed by atoms with van der Waals surface area (Å²) >= 11 is 5.70. The van der Waals surface area contributed by atoms with Crippen LogP contribution in [0.5, 0.6) is 5.75 Å². The first-order chi connectivity index (χ1) is 7.70. The molecule has 0 spiro atoms. The van der Waals surface area contributed by atoms with Crippen molar-refractivity contribution < 1.29 is 4.74 Å². The van der Waals surface area contributed by atoms with Crippen molar-refractivity contribution in [2.45, 2.75) is 6.92 Å². The van der Waals surface area contributed by atoms with Crippen LogP contribution in [0.4, 0.5) is 0 Å². The van der Waals surface area contributed by atoms with Crippen LogP contribution >= 0.6 is 11.6 Å². The van der Waals surface area contributed by atoms with Crippen molar-refractivity contribution >= 4 is 11.6 Å². The second-order valence-corrected chi connectivity index (χ2v) is 3.63. The van der Waals surface area contributed by atoms with E-state index in [1.165, 1.54) is 0 Å². The number of halogens is 1. The third kappa shape index (κ3) is 2.12. The summed E-state index contributed by atoms with van der Waals surface area (Å²) in [5.74, 6) is 0.814. The number of ether oxygens (including phenoxy) is 1. The molecule has 82 valence electrons. The molecule has 0 bridgehead atoms. The average molecular weight is 236 g/mol. The van der Waals surface area contributed by atoms with Gasteiger partial charge >= 0.3 is 0 Å². The molecule has 0 atom stereocenters. The number of hydrogen-bond donors (Lipinski definition) is 0. The SMILES string of the molecule is COc1ccc(-c2cnnc(Cl)n2)c(C)c1. The van der Waals surface area contributed by atoms with Crippen molar-refractivity contribution in [3.05, 3.63) is 35.2 Å². The van der Waals surface area contributed by atoms with E-state index in [2.05, 4.69) is 15.2 Å². The van der Waals surface area contributed by atoms with Gasteiger partial charge in [0, 0.05) is 5.56 Å². The van der Waals surface area contributed by atoms with Gasteiger partial charge in [0.1, 0.15) is 5.75 Å². The Morgan fingerprint density at radius 3 is 2.75 bits per heavy atom. The molecule has 2 aromatic rings. The van der Waals surface area contributed by atoms with E-state index in [9.17, 15) is 0 Å². The number of benzene rings is 1. The second kappa shape index (κ2) is 4.45. The molecule has 1 aromatic heterocycles. The topological polar surface area (TPSA) is 47.9 Å². The van der Waals surface area contributed by atoms with Crippen molar-refractivity contribution in [2.75, 3.05) is 7.11 Å². The first-order valence-electron chi connectivity index (χ1n) is 4.71. The first-order valence-corrected chi connectivity index (χ1v) is 5.09. The maximum atomic E-state index is 5.70. The predicted molar refractivity (Wildman–Crippen MR) is 61.6 cm³/mol. The summed E-state index contributed by atoms with van der Waals surface area (Å²) in [7, 11) is 1.64. The van der Waals surface area contributed by atoms with E-state index in [1.807, 2.05) is 25.1 Å². The lowest BCUT2D eigenvalue weighted by atomic mass is 10.1. The largest absolute Gasteiger partial charge is 0.497 e. The summed E-state index contributed by atoms with van der Waals surface area (Å²) in [5, 5.41) is 7.52. The summed E-state index contributed by atoms with van der Waals surface area (Å²) < 4.78 is 5.14. The molecular formula is C11H10ClN3O. The molecule has 0 aliphatic rings. The second-order valence-electron chi connectivity index (χ2n) is 3.29. The molecule has 0 radical (unpaired) electrons. The van der Waals surface area contributed by atoms with E-state index >= 15 is 0 Å². The molecule has 5 heteroatoms. The molecule has 1 aromatic carbocycles. The van der Waals surface area contributed by atoms with Gasteiger partial charge in [-0.05, 0) is 42.3 Å². The number of methoxy groups -OCH3 is 1. The number of aromatic nitrogens is 3. The Morgan fingerprint density at radius 2 is 2.12 bits per heavy atom. The number of nitrogens with zero attached hydrogens (tertiary/aromatic N) is 3. The van der Waals surface area contributed by atoms with E-state index in [-0.39, 0.29) is 5.28 Å². The summed E-state index contributed by atoms with van der Waals surface area (Å²) in [4.78, 5) is 4.11. The molecule has 0 unspecified atom stereocenters. The number of rotatable bonds is 2.